The van der Waals surface area contributed by atoms with Crippen molar-refractivity contribution in [3.8, 4) is 0 Å². The molecule has 2 aromatic carbocycles. The van der Waals surface area contributed by atoms with Gasteiger partial charge in [-0.15, -0.1) is 0 Å². The zero-order valence-electron chi connectivity index (χ0n) is 12.7. The van der Waals surface area contributed by atoms with E-state index in [2.05, 4.69) is 0 Å². The number of rotatable bonds is 2. The Balaban J connectivity index is 2.16. The quantitative estimate of drug-likeness (QED) is 0.498. The van der Waals surface area contributed by atoms with Crippen LogP contribution in [-0.2, 0) is 9.59 Å². The Morgan fingerprint density at radius 2 is 1.46 bits per heavy atom. The van der Waals surface area contributed by atoms with Crippen molar-refractivity contribution in [3.05, 3.63) is 75.3 Å². The van der Waals surface area contributed by atoms with Crippen LogP contribution in [-0.4, -0.2) is 28.7 Å². The molecule has 6 heteroatoms. The van der Waals surface area contributed by atoms with Crippen LogP contribution in [0.3, 0.4) is 0 Å². The molecule has 2 aromatic rings. The lowest BCUT2D eigenvalue weighted by atomic mass is 9.95. The van der Waals surface area contributed by atoms with Gasteiger partial charge in [0.05, 0.1) is 11.6 Å². The molecule has 1 aliphatic rings. The lowest BCUT2D eigenvalue weighted by molar-refractivity contribution is -0.139. The number of likely N-dealkylation sites (tertiary alicyclic amines) is 1. The first kappa shape index (κ1) is 16.6. The van der Waals surface area contributed by atoms with Gasteiger partial charge in [-0.25, -0.2) is 0 Å². The number of ketones is 1. The van der Waals surface area contributed by atoms with E-state index >= 15 is 0 Å². The lowest BCUT2D eigenvalue weighted by Crippen LogP contribution is -2.24. The van der Waals surface area contributed by atoms with Crippen LogP contribution < -0.4 is 0 Å². The predicted octanol–water partition coefficient (Wildman–Crippen LogP) is 4.04. The monoisotopic (exact) mass is 361 g/mol. The fourth-order valence-electron chi connectivity index (χ4n) is 2.75. The molecule has 3 rings (SSSR count). The van der Waals surface area contributed by atoms with Crippen LogP contribution in [0, 0.1) is 0 Å². The van der Waals surface area contributed by atoms with E-state index in [9.17, 15) is 14.7 Å². The second-order valence-corrected chi connectivity index (χ2v) is 6.34. The van der Waals surface area contributed by atoms with E-state index in [0.29, 0.717) is 21.2 Å². The molecule has 1 aliphatic heterocycles. The van der Waals surface area contributed by atoms with Gasteiger partial charge in [0.2, 0.25) is 0 Å². The zero-order chi connectivity index (χ0) is 17.4. The largest absolute Gasteiger partial charge is 0.507 e. The third-order valence-corrected chi connectivity index (χ3v) is 4.48. The Hall–Kier alpha value is -2.30. The maximum atomic E-state index is 12.4. The molecule has 4 nitrogen and oxygen atoms in total. The number of halogens is 2. The number of nitrogens with zero attached hydrogens (tertiary/aromatic N) is 1. The highest BCUT2D eigenvalue weighted by Gasteiger charge is 2.44. The van der Waals surface area contributed by atoms with Crippen LogP contribution >= 0.6 is 23.2 Å². The van der Waals surface area contributed by atoms with Crippen LogP contribution in [0.5, 0.6) is 0 Å². The lowest BCUT2D eigenvalue weighted by Gasteiger charge is -2.21. The van der Waals surface area contributed by atoms with Gasteiger partial charge in [0.15, 0.2) is 0 Å². The van der Waals surface area contributed by atoms with Crippen molar-refractivity contribution in [1.82, 2.24) is 4.90 Å². The number of aliphatic hydroxyl groups excluding tert-OH is 1. The van der Waals surface area contributed by atoms with E-state index in [-0.39, 0.29) is 11.3 Å². The number of hydrogen-bond acceptors (Lipinski definition) is 3. The topological polar surface area (TPSA) is 57.6 Å². The summed E-state index contributed by atoms with van der Waals surface area (Å²) >= 11 is 11.8. The van der Waals surface area contributed by atoms with Crippen molar-refractivity contribution in [1.29, 1.82) is 0 Å². The summed E-state index contributed by atoms with van der Waals surface area (Å²) in [5.74, 6) is -1.61. The molecule has 0 saturated carbocycles. The first-order valence-corrected chi connectivity index (χ1v) is 7.91. The van der Waals surface area contributed by atoms with Gasteiger partial charge < -0.3 is 10.0 Å². The third-order valence-electron chi connectivity index (χ3n) is 3.98. The maximum absolute atomic E-state index is 12.4. The average molecular weight is 362 g/mol. The van der Waals surface area contributed by atoms with Crippen LogP contribution in [0.4, 0.5) is 0 Å². The van der Waals surface area contributed by atoms with E-state index < -0.39 is 17.7 Å². The van der Waals surface area contributed by atoms with Crippen molar-refractivity contribution in [2.24, 2.45) is 0 Å². The van der Waals surface area contributed by atoms with Crippen LogP contribution in [0.2, 0.25) is 10.0 Å². The number of likely N-dealkylation sites (N-methyl/N-ethyl adjacent to an activating group) is 1. The summed E-state index contributed by atoms with van der Waals surface area (Å²) in [6.07, 6.45) is 0. The molecule has 1 heterocycles. The molecular formula is C18H13Cl2NO3. The average Bonchev–Trinajstić information content (AvgIpc) is 2.80. The van der Waals surface area contributed by atoms with Crippen molar-refractivity contribution in [2.75, 3.05) is 7.05 Å². The van der Waals surface area contributed by atoms with Crippen molar-refractivity contribution < 1.29 is 14.7 Å². The number of Topliss-reactive ketones (excluding diaryl/α,β-unsaturated/α-hetero) is 1. The van der Waals surface area contributed by atoms with Crippen molar-refractivity contribution in [2.45, 2.75) is 6.04 Å². The van der Waals surface area contributed by atoms with Gasteiger partial charge in [-0.1, -0.05) is 35.3 Å². The number of hydrogen-bond donors (Lipinski definition) is 1. The smallest absolute Gasteiger partial charge is 0.295 e. The summed E-state index contributed by atoms with van der Waals surface area (Å²) in [6, 6.07) is 12.5. The predicted molar refractivity (Wildman–Crippen MR) is 93.0 cm³/mol. The molecule has 0 aromatic heterocycles. The van der Waals surface area contributed by atoms with Gasteiger partial charge in [-0.2, -0.15) is 0 Å². The minimum Gasteiger partial charge on any atom is -0.507 e. The Morgan fingerprint density at radius 3 is 2.00 bits per heavy atom. The highest BCUT2D eigenvalue weighted by Crippen LogP contribution is 2.38. The van der Waals surface area contributed by atoms with E-state index in [4.69, 9.17) is 23.2 Å². The summed E-state index contributed by atoms with van der Waals surface area (Å²) < 4.78 is 0. The minimum absolute atomic E-state index is 0.0483. The molecule has 0 aliphatic carbocycles. The fraction of sp³-hybridized carbons (Fsp3) is 0.111. The SMILES string of the molecule is CN1C(=O)C(=O)C(=C(O)c2ccc(Cl)cc2)C1c1ccc(Cl)cc1. The second-order valence-electron chi connectivity index (χ2n) is 5.47. The summed E-state index contributed by atoms with van der Waals surface area (Å²) in [6.45, 7) is 0. The van der Waals surface area contributed by atoms with Gasteiger partial charge in [0.25, 0.3) is 11.7 Å². The third kappa shape index (κ3) is 2.79. The number of benzene rings is 2. The number of aliphatic hydroxyl groups is 1. The summed E-state index contributed by atoms with van der Waals surface area (Å²) in [7, 11) is 1.53. The molecule has 1 unspecified atom stereocenters. The normalized spacial score (nSPS) is 19.8. The molecule has 1 atom stereocenters. The van der Waals surface area contributed by atoms with Gasteiger partial charge in [-0.05, 0) is 42.0 Å². The first-order valence-electron chi connectivity index (χ1n) is 7.16. The molecular weight excluding hydrogens is 349 g/mol. The van der Waals surface area contributed by atoms with Crippen molar-refractivity contribution in [3.63, 3.8) is 0 Å². The summed E-state index contributed by atoms with van der Waals surface area (Å²) in [5.41, 5.74) is 1.16. The maximum Gasteiger partial charge on any atom is 0.295 e. The van der Waals surface area contributed by atoms with Crippen LogP contribution in [0.15, 0.2) is 54.1 Å². The molecule has 1 amide bonds. The molecule has 122 valence electrons. The Morgan fingerprint density at radius 1 is 0.958 bits per heavy atom. The minimum atomic E-state index is -0.718. The number of amides is 1. The van der Waals surface area contributed by atoms with E-state index in [1.54, 1.807) is 48.5 Å². The molecule has 0 spiro atoms. The first-order chi connectivity index (χ1) is 11.4. The van der Waals surface area contributed by atoms with Gasteiger partial charge >= 0.3 is 0 Å². The summed E-state index contributed by atoms with van der Waals surface area (Å²) in [4.78, 5) is 25.8. The fourth-order valence-corrected chi connectivity index (χ4v) is 3.00. The standard InChI is InChI=1S/C18H13Cl2NO3/c1-21-15(10-2-6-12(19)7-3-10)14(17(23)18(21)24)16(22)11-4-8-13(20)9-5-11/h2-9,15,22H,1H3. The highest BCUT2D eigenvalue weighted by atomic mass is 35.5. The van der Waals surface area contributed by atoms with Crippen LogP contribution in [0.1, 0.15) is 17.2 Å². The van der Waals surface area contributed by atoms with Crippen LogP contribution in [0.25, 0.3) is 5.76 Å². The Bertz CT molecular complexity index is 842. The molecule has 0 bridgehead atoms. The Kier molecular flexibility index (Phi) is 4.35. The zero-order valence-corrected chi connectivity index (χ0v) is 14.2. The van der Waals surface area contributed by atoms with Gasteiger partial charge in [0, 0.05) is 22.7 Å². The highest BCUT2D eigenvalue weighted by molar-refractivity contribution is 6.46. The van der Waals surface area contributed by atoms with E-state index in [0.717, 1.165) is 0 Å². The number of carbonyl (C=O) groups excluding carboxylic acids is 2. The molecule has 24 heavy (non-hydrogen) atoms. The molecule has 1 saturated heterocycles. The molecule has 1 N–H and O–H groups in total. The second kappa shape index (κ2) is 6.30. The molecule has 0 radical (unpaired) electrons. The molecule has 1 fully saturated rings. The van der Waals surface area contributed by atoms with E-state index in [1.807, 2.05) is 0 Å². The Labute approximate surface area is 148 Å². The van der Waals surface area contributed by atoms with Crippen molar-refractivity contribution >= 4 is 40.7 Å². The number of carbonyl (C=O) groups is 2. The van der Waals surface area contributed by atoms with Gasteiger partial charge in [-0.3, -0.25) is 9.59 Å². The van der Waals surface area contributed by atoms with E-state index in [1.165, 1.54) is 11.9 Å². The van der Waals surface area contributed by atoms with Gasteiger partial charge in [0.1, 0.15) is 5.76 Å². The summed E-state index contributed by atoms with van der Waals surface area (Å²) in [5, 5.41) is 11.7.